The van der Waals surface area contributed by atoms with Crippen molar-refractivity contribution in [3.05, 3.63) is 83.4 Å². The molecule has 1 amide bonds. The fraction of sp³-hybridized carbons (Fsp3) is 0.130. The molecule has 0 unspecified atom stereocenters. The Morgan fingerprint density at radius 1 is 1.06 bits per heavy atom. The predicted octanol–water partition coefficient (Wildman–Crippen LogP) is 4.97. The zero-order chi connectivity index (χ0) is 22.7. The molecule has 4 aromatic rings. The lowest BCUT2D eigenvalue weighted by Crippen LogP contribution is -2.34. The number of sulfone groups is 1. The van der Waals surface area contributed by atoms with Crippen molar-refractivity contribution in [3.63, 3.8) is 0 Å². The second-order valence-corrected chi connectivity index (χ2v) is 10.6. The van der Waals surface area contributed by atoms with Gasteiger partial charge in [0.05, 0.1) is 21.7 Å². The number of benzene rings is 3. The molecule has 4 rings (SSSR count). The number of amides is 1. The molecule has 0 atom stereocenters. The van der Waals surface area contributed by atoms with Gasteiger partial charge in [-0.2, -0.15) is 0 Å². The van der Waals surface area contributed by atoms with Crippen LogP contribution >= 0.6 is 22.9 Å². The van der Waals surface area contributed by atoms with Crippen LogP contribution in [0.15, 0.2) is 77.7 Å². The van der Waals surface area contributed by atoms with Crippen molar-refractivity contribution in [2.75, 3.05) is 17.8 Å². The average Bonchev–Trinajstić information content (AvgIpc) is 3.20. The fourth-order valence-corrected chi connectivity index (χ4v) is 4.89. The first-order valence-corrected chi connectivity index (χ1v) is 12.7. The molecule has 0 N–H and O–H groups in total. The number of halogens is 1. The van der Waals surface area contributed by atoms with E-state index in [1.54, 1.807) is 41.3 Å². The number of rotatable bonds is 7. The van der Waals surface area contributed by atoms with E-state index < -0.39 is 9.84 Å². The molecule has 0 aliphatic rings. The third-order valence-corrected chi connectivity index (χ3v) is 7.07. The van der Waals surface area contributed by atoms with E-state index in [-0.39, 0.29) is 17.4 Å². The van der Waals surface area contributed by atoms with Crippen LogP contribution in [0.2, 0.25) is 5.02 Å². The van der Waals surface area contributed by atoms with E-state index >= 15 is 0 Å². The maximum Gasteiger partial charge on any atom is 0.267 e. The highest BCUT2D eigenvalue weighted by Gasteiger charge is 2.21. The van der Waals surface area contributed by atoms with Crippen molar-refractivity contribution in [2.24, 2.45) is 0 Å². The van der Waals surface area contributed by atoms with Crippen LogP contribution in [-0.2, 0) is 21.2 Å². The predicted molar refractivity (Wildman–Crippen MR) is 127 cm³/mol. The van der Waals surface area contributed by atoms with Crippen LogP contribution in [0.4, 0.5) is 5.13 Å². The Hall–Kier alpha value is -2.94. The first-order valence-electron chi connectivity index (χ1n) is 9.63. The van der Waals surface area contributed by atoms with E-state index in [0.29, 0.717) is 32.7 Å². The summed E-state index contributed by atoms with van der Waals surface area (Å²) in [7, 11) is -3.34. The van der Waals surface area contributed by atoms with Gasteiger partial charge in [-0.1, -0.05) is 53.3 Å². The van der Waals surface area contributed by atoms with Crippen LogP contribution < -0.4 is 9.64 Å². The van der Waals surface area contributed by atoms with Gasteiger partial charge in [-0.05, 0) is 48.0 Å². The van der Waals surface area contributed by atoms with Gasteiger partial charge in [0, 0.05) is 11.3 Å². The second-order valence-electron chi connectivity index (χ2n) is 7.11. The summed E-state index contributed by atoms with van der Waals surface area (Å²) in [5.41, 5.74) is 1.56. The number of nitrogens with zero attached hydrogens (tertiary/aromatic N) is 2. The molecule has 0 radical (unpaired) electrons. The zero-order valence-corrected chi connectivity index (χ0v) is 19.5. The highest BCUT2D eigenvalue weighted by Crippen LogP contribution is 2.31. The second kappa shape index (κ2) is 9.28. The van der Waals surface area contributed by atoms with E-state index in [2.05, 4.69) is 4.98 Å². The Morgan fingerprint density at radius 3 is 2.47 bits per heavy atom. The third-order valence-electron chi connectivity index (χ3n) is 4.67. The summed E-state index contributed by atoms with van der Waals surface area (Å²) >= 11 is 7.16. The van der Waals surface area contributed by atoms with Crippen LogP contribution in [0.1, 0.15) is 5.56 Å². The molecular weight excluding hydrogens is 468 g/mol. The Kier molecular flexibility index (Phi) is 6.45. The molecule has 1 aromatic heterocycles. The van der Waals surface area contributed by atoms with Gasteiger partial charge in [0.1, 0.15) is 5.75 Å². The van der Waals surface area contributed by atoms with Crippen molar-refractivity contribution < 1.29 is 17.9 Å². The van der Waals surface area contributed by atoms with E-state index in [4.69, 9.17) is 16.3 Å². The van der Waals surface area contributed by atoms with Crippen molar-refractivity contribution in [2.45, 2.75) is 11.4 Å². The Balaban J connectivity index is 1.64. The summed E-state index contributed by atoms with van der Waals surface area (Å²) in [6.07, 6.45) is 1.16. The number of anilines is 1. The van der Waals surface area contributed by atoms with Gasteiger partial charge in [-0.15, -0.1) is 0 Å². The standard InChI is InChI=1S/C23H19ClN2O4S2/c1-32(28,29)19-11-12-20-21(13-19)31-23(25-20)26(14-16-5-3-2-4-6-16)22(27)15-30-18-9-7-17(24)8-10-18/h2-13H,14-15H2,1H3. The summed E-state index contributed by atoms with van der Waals surface area (Å²) in [6.45, 7) is 0.126. The summed E-state index contributed by atoms with van der Waals surface area (Å²) in [5.74, 6) is 0.260. The maximum atomic E-state index is 13.1. The molecule has 164 valence electrons. The number of carbonyl (C=O) groups is 1. The van der Waals surface area contributed by atoms with Crippen LogP contribution in [0.25, 0.3) is 10.2 Å². The monoisotopic (exact) mass is 486 g/mol. The number of ether oxygens (including phenoxy) is 1. The van der Waals surface area contributed by atoms with Crippen molar-refractivity contribution in [3.8, 4) is 5.75 Å². The highest BCUT2D eigenvalue weighted by atomic mass is 35.5. The smallest absolute Gasteiger partial charge is 0.267 e. The molecule has 0 saturated carbocycles. The summed E-state index contributed by atoms with van der Waals surface area (Å²) < 4.78 is 30.1. The molecule has 9 heteroatoms. The van der Waals surface area contributed by atoms with Crippen molar-refractivity contribution >= 4 is 54.0 Å². The molecular formula is C23H19ClN2O4S2. The van der Waals surface area contributed by atoms with E-state index in [1.807, 2.05) is 30.3 Å². The highest BCUT2D eigenvalue weighted by molar-refractivity contribution is 7.90. The molecule has 0 aliphatic carbocycles. The molecule has 0 bridgehead atoms. The van der Waals surface area contributed by atoms with Gasteiger partial charge in [0.25, 0.3) is 5.91 Å². The van der Waals surface area contributed by atoms with Gasteiger partial charge in [0.2, 0.25) is 0 Å². The quantitative estimate of drug-likeness (QED) is 0.369. The van der Waals surface area contributed by atoms with Crippen LogP contribution in [0, 0.1) is 0 Å². The fourth-order valence-electron chi connectivity index (χ4n) is 3.02. The molecule has 6 nitrogen and oxygen atoms in total. The first-order chi connectivity index (χ1) is 15.3. The molecule has 0 fully saturated rings. The topological polar surface area (TPSA) is 76.6 Å². The molecule has 0 spiro atoms. The number of fused-ring (bicyclic) bond motifs is 1. The first kappa shape index (κ1) is 22.3. The Labute approximate surface area is 195 Å². The number of aromatic nitrogens is 1. The van der Waals surface area contributed by atoms with Gasteiger partial charge >= 0.3 is 0 Å². The summed E-state index contributed by atoms with van der Waals surface area (Å²) in [4.78, 5) is 19.5. The summed E-state index contributed by atoms with van der Waals surface area (Å²) in [5, 5.41) is 1.05. The molecule has 32 heavy (non-hydrogen) atoms. The van der Waals surface area contributed by atoms with E-state index in [9.17, 15) is 13.2 Å². The molecule has 1 heterocycles. The minimum Gasteiger partial charge on any atom is -0.484 e. The minimum absolute atomic E-state index is 0.182. The Bertz CT molecular complexity index is 1350. The zero-order valence-electron chi connectivity index (χ0n) is 17.1. The van der Waals surface area contributed by atoms with Gasteiger partial charge in [-0.3, -0.25) is 9.69 Å². The van der Waals surface area contributed by atoms with Crippen LogP contribution in [0.5, 0.6) is 5.75 Å². The lowest BCUT2D eigenvalue weighted by molar-refractivity contribution is -0.120. The van der Waals surface area contributed by atoms with E-state index in [0.717, 1.165) is 11.8 Å². The van der Waals surface area contributed by atoms with Gasteiger partial charge < -0.3 is 4.74 Å². The van der Waals surface area contributed by atoms with Gasteiger partial charge in [0.15, 0.2) is 21.6 Å². The van der Waals surface area contributed by atoms with E-state index in [1.165, 1.54) is 17.4 Å². The van der Waals surface area contributed by atoms with Crippen LogP contribution in [0.3, 0.4) is 0 Å². The minimum atomic E-state index is -3.34. The number of hydrogen-bond acceptors (Lipinski definition) is 6. The lowest BCUT2D eigenvalue weighted by Gasteiger charge is -2.20. The SMILES string of the molecule is CS(=O)(=O)c1ccc2nc(N(Cc3ccccc3)C(=O)COc3ccc(Cl)cc3)sc2c1. The maximum absolute atomic E-state index is 13.1. The molecule has 3 aromatic carbocycles. The normalized spacial score (nSPS) is 11.4. The lowest BCUT2D eigenvalue weighted by atomic mass is 10.2. The summed E-state index contributed by atoms with van der Waals surface area (Å²) in [6, 6.07) is 21.1. The van der Waals surface area contributed by atoms with Crippen molar-refractivity contribution in [1.82, 2.24) is 4.98 Å². The number of hydrogen-bond donors (Lipinski definition) is 0. The molecule has 0 saturated heterocycles. The third kappa shape index (κ3) is 5.27. The number of thiazole rings is 1. The Morgan fingerprint density at radius 2 is 1.78 bits per heavy atom. The average molecular weight is 487 g/mol. The largest absolute Gasteiger partial charge is 0.484 e. The number of carbonyl (C=O) groups excluding carboxylic acids is 1. The van der Waals surface area contributed by atoms with Gasteiger partial charge in [-0.25, -0.2) is 13.4 Å². The van der Waals surface area contributed by atoms with Crippen LogP contribution in [-0.4, -0.2) is 32.2 Å². The van der Waals surface area contributed by atoms with Crippen molar-refractivity contribution in [1.29, 1.82) is 0 Å². The molecule has 0 aliphatic heterocycles.